The van der Waals surface area contributed by atoms with Crippen molar-refractivity contribution in [2.24, 2.45) is 0 Å². The molecule has 0 saturated carbocycles. The Morgan fingerprint density at radius 2 is 2.09 bits per heavy atom. The Morgan fingerprint density at radius 1 is 1.27 bits per heavy atom. The highest BCUT2D eigenvalue weighted by atomic mass is 19.1. The third-order valence-corrected chi connectivity index (χ3v) is 4.89. The van der Waals surface area contributed by atoms with Crippen molar-refractivity contribution in [1.29, 1.82) is 10.8 Å². The summed E-state index contributed by atoms with van der Waals surface area (Å²) in [5.74, 6) is -0.287. The van der Waals surface area contributed by atoms with E-state index >= 15 is 0 Å². The predicted molar refractivity (Wildman–Crippen MR) is 117 cm³/mol. The Bertz CT molecular complexity index is 1460. The number of pyridine rings is 3. The molecule has 0 aliphatic heterocycles. The SMILES string of the molecule is COCCOc1cnc2ccn(CC(=N)n3cc(-c4cc(C)no4)cc(F)c3=N)c(=O)c2c1. The van der Waals surface area contributed by atoms with E-state index in [0.717, 1.165) is 10.6 Å². The van der Waals surface area contributed by atoms with E-state index < -0.39 is 16.9 Å². The van der Waals surface area contributed by atoms with Gasteiger partial charge in [-0.25, -0.2) is 4.39 Å². The van der Waals surface area contributed by atoms with Gasteiger partial charge in [0.15, 0.2) is 17.1 Å². The van der Waals surface area contributed by atoms with Crippen molar-refractivity contribution >= 4 is 16.7 Å². The van der Waals surface area contributed by atoms with Crippen LogP contribution >= 0.6 is 0 Å². The third kappa shape index (κ3) is 4.58. The van der Waals surface area contributed by atoms with Crippen LogP contribution in [0.2, 0.25) is 0 Å². The Morgan fingerprint density at radius 3 is 2.82 bits per heavy atom. The second-order valence-corrected chi connectivity index (χ2v) is 7.27. The van der Waals surface area contributed by atoms with Gasteiger partial charge in [0, 0.05) is 31.1 Å². The van der Waals surface area contributed by atoms with E-state index in [4.69, 9.17) is 24.8 Å². The lowest BCUT2D eigenvalue weighted by atomic mass is 10.2. The van der Waals surface area contributed by atoms with Crippen LogP contribution < -0.4 is 15.8 Å². The molecular weight excluding hydrogens is 431 g/mol. The maximum Gasteiger partial charge on any atom is 0.260 e. The number of ether oxygens (including phenoxy) is 2. The monoisotopic (exact) mass is 452 g/mol. The minimum Gasteiger partial charge on any atom is -0.490 e. The lowest BCUT2D eigenvalue weighted by Crippen LogP contribution is -2.34. The first kappa shape index (κ1) is 22.1. The average molecular weight is 452 g/mol. The Kier molecular flexibility index (Phi) is 6.13. The van der Waals surface area contributed by atoms with Gasteiger partial charge in [-0.05, 0) is 25.1 Å². The van der Waals surface area contributed by atoms with Gasteiger partial charge < -0.3 is 18.6 Å². The largest absolute Gasteiger partial charge is 0.490 e. The normalized spacial score (nSPS) is 11.1. The summed E-state index contributed by atoms with van der Waals surface area (Å²) in [6, 6.07) is 5.99. The number of fused-ring (bicyclic) bond motifs is 1. The van der Waals surface area contributed by atoms with Crippen molar-refractivity contribution in [3.05, 3.63) is 70.2 Å². The van der Waals surface area contributed by atoms with Crippen molar-refractivity contribution in [1.82, 2.24) is 19.3 Å². The first-order valence-corrected chi connectivity index (χ1v) is 9.96. The fourth-order valence-corrected chi connectivity index (χ4v) is 3.24. The van der Waals surface area contributed by atoms with Gasteiger partial charge in [-0.3, -0.25) is 25.2 Å². The Balaban J connectivity index is 1.66. The summed E-state index contributed by atoms with van der Waals surface area (Å²) >= 11 is 0. The smallest absolute Gasteiger partial charge is 0.260 e. The minimum absolute atomic E-state index is 0.182. The number of hydrogen-bond acceptors (Lipinski definition) is 8. The molecule has 4 aromatic heterocycles. The van der Waals surface area contributed by atoms with Crippen LogP contribution in [0.4, 0.5) is 4.39 Å². The molecule has 170 valence electrons. The lowest BCUT2D eigenvalue weighted by molar-refractivity contribution is 0.146. The Hall–Kier alpha value is -4.12. The molecule has 0 saturated heterocycles. The molecule has 0 aliphatic carbocycles. The zero-order valence-electron chi connectivity index (χ0n) is 18.0. The molecular formula is C22H21FN6O4. The van der Waals surface area contributed by atoms with Crippen LogP contribution in [0.25, 0.3) is 22.2 Å². The van der Waals surface area contributed by atoms with Gasteiger partial charge in [0.2, 0.25) is 0 Å². The summed E-state index contributed by atoms with van der Waals surface area (Å²) in [5.41, 5.74) is 0.510. The van der Waals surface area contributed by atoms with Gasteiger partial charge in [-0.2, -0.15) is 0 Å². The fourth-order valence-electron chi connectivity index (χ4n) is 3.24. The molecule has 10 nitrogen and oxygen atoms in total. The van der Waals surface area contributed by atoms with E-state index in [1.54, 1.807) is 32.2 Å². The van der Waals surface area contributed by atoms with Crippen LogP contribution in [0, 0.1) is 23.6 Å². The standard InChI is InChI=1S/C22H21FN6O4/c1-13-7-19(33-27-13)14-8-17(23)21(25)29(11-14)20(24)12-28-4-3-18-16(22(28)30)9-15(10-26-18)32-6-5-31-2/h3-4,7-11,24-25H,5-6,12H2,1-2H3. The molecule has 0 atom stereocenters. The van der Waals surface area contributed by atoms with Crippen molar-refractivity contribution in [2.45, 2.75) is 13.5 Å². The number of hydrogen-bond donors (Lipinski definition) is 2. The van der Waals surface area contributed by atoms with E-state index in [1.165, 1.54) is 23.2 Å². The quantitative estimate of drug-likeness (QED) is 0.251. The maximum absolute atomic E-state index is 14.4. The number of rotatable bonds is 7. The molecule has 0 spiro atoms. The second kappa shape index (κ2) is 9.17. The molecule has 0 radical (unpaired) electrons. The number of nitrogens with one attached hydrogen (secondary N) is 2. The highest BCUT2D eigenvalue weighted by Crippen LogP contribution is 2.20. The van der Waals surface area contributed by atoms with E-state index in [0.29, 0.717) is 46.9 Å². The summed E-state index contributed by atoms with van der Waals surface area (Å²) in [7, 11) is 1.56. The van der Waals surface area contributed by atoms with Crippen LogP contribution in [-0.2, 0) is 11.3 Å². The van der Waals surface area contributed by atoms with E-state index in [2.05, 4.69) is 10.1 Å². The molecule has 0 aliphatic rings. The first-order valence-electron chi connectivity index (χ1n) is 9.96. The van der Waals surface area contributed by atoms with Crippen LogP contribution in [0.5, 0.6) is 5.75 Å². The zero-order valence-corrected chi connectivity index (χ0v) is 18.0. The summed E-state index contributed by atoms with van der Waals surface area (Å²) in [5, 5.41) is 20.6. The van der Waals surface area contributed by atoms with Gasteiger partial charge in [0.05, 0.1) is 35.9 Å². The van der Waals surface area contributed by atoms with Gasteiger partial charge in [0.25, 0.3) is 5.56 Å². The van der Waals surface area contributed by atoms with E-state index in [1.807, 2.05) is 0 Å². The summed E-state index contributed by atoms with van der Waals surface area (Å²) in [6.45, 7) is 2.24. The van der Waals surface area contributed by atoms with Gasteiger partial charge in [-0.15, -0.1) is 0 Å². The van der Waals surface area contributed by atoms with Gasteiger partial charge in [0.1, 0.15) is 18.2 Å². The van der Waals surface area contributed by atoms with Crippen molar-refractivity contribution in [3.63, 3.8) is 0 Å². The predicted octanol–water partition coefficient (Wildman–Crippen LogP) is 2.33. The first-order chi connectivity index (χ1) is 15.9. The maximum atomic E-state index is 14.4. The fraction of sp³-hybridized carbons (Fsp3) is 0.227. The highest BCUT2D eigenvalue weighted by molar-refractivity contribution is 5.83. The van der Waals surface area contributed by atoms with Crippen LogP contribution in [-0.4, -0.2) is 45.4 Å². The van der Waals surface area contributed by atoms with E-state index in [-0.39, 0.29) is 12.4 Å². The summed E-state index contributed by atoms with van der Waals surface area (Å²) < 4.78 is 32.4. The number of aromatic nitrogens is 4. The third-order valence-electron chi connectivity index (χ3n) is 4.89. The zero-order chi connectivity index (χ0) is 23.5. The van der Waals surface area contributed by atoms with Crippen LogP contribution in [0.15, 0.2) is 52.2 Å². The number of aryl methyl sites for hydroxylation is 1. The number of methoxy groups -OCH3 is 1. The molecule has 4 heterocycles. The molecule has 33 heavy (non-hydrogen) atoms. The number of halogens is 1. The van der Waals surface area contributed by atoms with Gasteiger partial charge >= 0.3 is 0 Å². The Labute approximate surface area is 186 Å². The molecule has 4 rings (SSSR count). The second-order valence-electron chi connectivity index (χ2n) is 7.27. The molecule has 4 aromatic rings. The van der Waals surface area contributed by atoms with Crippen LogP contribution in [0.3, 0.4) is 0 Å². The topological polar surface area (TPSA) is 132 Å². The highest BCUT2D eigenvalue weighted by Gasteiger charge is 2.14. The molecule has 2 N–H and O–H groups in total. The molecule has 0 fully saturated rings. The van der Waals surface area contributed by atoms with Crippen molar-refractivity contribution < 1.29 is 18.4 Å². The van der Waals surface area contributed by atoms with E-state index in [9.17, 15) is 9.18 Å². The summed E-state index contributed by atoms with van der Waals surface area (Å²) in [6.07, 6.45) is 4.43. The van der Waals surface area contributed by atoms with Crippen LogP contribution in [0.1, 0.15) is 5.69 Å². The van der Waals surface area contributed by atoms with Crippen molar-refractivity contribution in [2.75, 3.05) is 20.3 Å². The lowest BCUT2D eigenvalue weighted by Gasteiger charge is -2.13. The minimum atomic E-state index is -0.834. The average Bonchev–Trinajstić information content (AvgIpc) is 3.24. The number of nitrogens with zero attached hydrogens (tertiary/aromatic N) is 4. The molecule has 0 bridgehead atoms. The molecule has 0 unspecified atom stereocenters. The van der Waals surface area contributed by atoms with Crippen molar-refractivity contribution in [3.8, 4) is 17.1 Å². The van der Waals surface area contributed by atoms with Gasteiger partial charge in [-0.1, -0.05) is 5.16 Å². The molecule has 0 amide bonds. The molecule has 0 aromatic carbocycles. The molecule has 11 heteroatoms. The summed E-state index contributed by atoms with van der Waals surface area (Å²) in [4.78, 5) is 17.3.